The Labute approximate surface area is 115 Å². The highest BCUT2D eigenvalue weighted by atomic mass is 32.1. The number of nitrogens with zero attached hydrogens (tertiary/aromatic N) is 2. The highest BCUT2D eigenvalue weighted by Crippen LogP contribution is 2.27. The first-order valence-corrected chi connectivity index (χ1v) is 7.01. The van der Waals surface area contributed by atoms with Crippen molar-refractivity contribution in [3.05, 3.63) is 0 Å². The second-order valence-electron chi connectivity index (χ2n) is 5.68. The molecule has 104 valence electrons. The maximum atomic E-state index is 11.9. The van der Waals surface area contributed by atoms with Crippen molar-refractivity contribution < 1.29 is 4.79 Å². The molecule has 0 unspecified atom stereocenters. The lowest BCUT2D eigenvalue weighted by Crippen LogP contribution is -2.41. The summed E-state index contributed by atoms with van der Waals surface area (Å²) in [6, 6.07) is 0. The summed E-state index contributed by atoms with van der Waals surface area (Å²) in [5.41, 5.74) is 5.68. The molecule has 0 bridgehead atoms. The maximum absolute atomic E-state index is 11.9. The minimum atomic E-state index is 0.175. The molecule has 1 amide bonds. The first kappa shape index (κ1) is 15.4. The van der Waals surface area contributed by atoms with Crippen molar-refractivity contribution in [1.82, 2.24) is 9.80 Å². The van der Waals surface area contributed by atoms with Crippen molar-refractivity contribution in [2.75, 3.05) is 26.7 Å². The highest BCUT2D eigenvalue weighted by Gasteiger charge is 2.31. The Morgan fingerprint density at radius 1 is 1.44 bits per heavy atom. The highest BCUT2D eigenvalue weighted by molar-refractivity contribution is 7.80. The van der Waals surface area contributed by atoms with Crippen LogP contribution in [0, 0.1) is 0 Å². The number of amides is 1. The quantitative estimate of drug-likeness (QED) is 0.742. The molecule has 0 atom stereocenters. The van der Waals surface area contributed by atoms with Gasteiger partial charge in [0.25, 0.3) is 0 Å². The molecule has 0 radical (unpaired) electrons. The molecular formula is C13H25N3OS. The van der Waals surface area contributed by atoms with Crippen LogP contribution in [-0.2, 0) is 4.79 Å². The molecule has 18 heavy (non-hydrogen) atoms. The third kappa shape index (κ3) is 4.53. The van der Waals surface area contributed by atoms with E-state index in [9.17, 15) is 4.79 Å². The van der Waals surface area contributed by atoms with E-state index in [1.807, 2.05) is 7.05 Å². The van der Waals surface area contributed by atoms with Crippen LogP contribution in [-0.4, -0.2) is 52.9 Å². The van der Waals surface area contributed by atoms with E-state index in [0.717, 1.165) is 13.1 Å². The average Bonchev–Trinajstić information content (AvgIpc) is 2.62. The number of carbonyl (C=O) groups excluding carboxylic acids is 1. The number of likely N-dealkylation sites (tertiary alicyclic amines) is 1. The third-order valence-corrected chi connectivity index (χ3v) is 3.99. The van der Waals surface area contributed by atoms with Crippen molar-refractivity contribution in [1.29, 1.82) is 0 Å². The number of hydrogen-bond acceptors (Lipinski definition) is 3. The molecule has 0 aromatic heterocycles. The molecule has 1 heterocycles. The van der Waals surface area contributed by atoms with Crippen molar-refractivity contribution in [2.45, 2.75) is 45.1 Å². The minimum absolute atomic E-state index is 0.175. The minimum Gasteiger partial charge on any atom is -0.393 e. The van der Waals surface area contributed by atoms with E-state index in [2.05, 4.69) is 18.7 Å². The predicted octanol–water partition coefficient (Wildman–Crippen LogP) is 1.39. The van der Waals surface area contributed by atoms with Gasteiger partial charge in [-0.25, -0.2) is 0 Å². The summed E-state index contributed by atoms with van der Waals surface area (Å²) >= 11 is 4.81. The zero-order valence-corrected chi connectivity index (χ0v) is 12.6. The molecule has 0 saturated carbocycles. The molecule has 5 heteroatoms. The van der Waals surface area contributed by atoms with Crippen LogP contribution in [0.3, 0.4) is 0 Å². The smallest absolute Gasteiger partial charge is 0.223 e. The summed E-state index contributed by atoms with van der Waals surface area (Å²) in [5, 5.41) is 0. The van der Waals surface area contributed by atoms with E-state index in [0.29, 0.717) is 24.4 Å². The Morgan fingerprint density at radius 2 is 2.11 bits per heavy atom. The summed E-state index contributed by atoms with van der Waals surface area (Å²) in [6.07, 6.45) is 3.64. The summed E-state index contributed by atoms with van der Waals surface area (Å²) in [5.74, 6) is 0.175. The first-order valence-electron chi connectivity index (χ1n) is 6.60. The Kier molecular flexibility index (Phi) is 5.53. The van der Waals surface area contributed by atoms with Crippen LogP contribution in [0.1, 0.15) is 39.5 Å². The van der Waals surface area contributed by atoms with Crippen LogP contribution in [0.15, 0.2) is 0 Å². The molecule has 1 rings (SSSR count). The summed E-state index contributed by atoms with van der Waals surface area (Å²) in [6.45, 7) is 7.08. The van der Waals surface area contributed by atoms with Gasteiger partial charge in [0.1, 0.15) is 0 Å². The molecular weight excluding hydrogens is 246 g/mol. The van der Waals surface area contributed by atoms with E-state index in [1.54, 1.807) is 4.90 Å². The van der Waals surface area contributed by atoms with Gasteiger partial charge in [-0.3, -0.25) is 9.69 Å². The fourth-order valence-corrected chi connectivity index (χ4v) is 2.49. The maximum Gasteiger partial charge on any atom is 0.223 e. The summed E-state index contributed by atoms with van der Waals surface area (Å²) in [4.78, 5) is 16.5. The van der Waals surface area contributed by atoms with Crippen molar-refractivity contribution in [3.63, 3.8) is 0 Å². The lowest BCUT2D eigenvalue weighted by atomic mass is 10.0. The Hall–Kier alpha value is -0.680. The fraction of sp³-hybridized carbons (Fsp3) is 0.846. The zero-order valence-electron chi connectivity index (χ0n) is 11.7. The van der Waals surface area contributed by atoms with Gasteiger partial charge in [0, 0.05) is 38.5 Å². The van der Waals surface area contributed by atoms with Gasteiger partial charge in [0.05, 0.1) is 4.99 Å². The van der Waals surface area contributed by atoms with Gasteiger partial charge in [0.15, 0.2) is 0 Å². The lowest BCUT2D eigenvalue weighted by Gasteiger charge is -2.31. The molecule has 2 N–H and O–H groups in total. The monoisotopic (exact) mass is 271 g/mol. The molecule has 0 spiro atoms. The number of carbonyl (C=O) groups is 1. The standard InChI is InChI=1S/C13H25N3OS/c1-13(2)7-4-8-16(13)10-6-12(17)15(3)9-5-11(14)18/h4-10H2,1-3H3,(H2,14,18). The van der Waals surface area contributed by atoms with Crippen LogP contribution in [0.2, 0.25) is 0 Å². The Balaban J connectivity index is 2.30. The van der Waals surface area contributed by atoms with Crippen molar-refractivity contribution in [2.24, 2.45) is 5.73 Å². The predicted molar refractivity (Wildman–Crippen MR) is 78.5 cm³/mol. The van der Waals surface area contributed by atoms with E-state index in [4.69, 9.17) is 18.0 Å². The number of nitrogens with two attached hydrogens (primary N) is 1. The molecule has 1 aliphatic heterocycles. The number of rotatable bonds is 6. The lowest BCUT2D eigenvalue weighted by molar-refractivity contribution is -0.130. The average molecular weight is 271 g/mol. The first-order chi connectivity index (χ1) is 8.33. The topological polar surface area (TPSA) is 49.6 Å². The molecule has 1 fully saturated rings. The molecule has 0 aromatic carbocycles. The molecule has 0 aromatic rings. The van der Waals surface area contributed by atoms with Crippen LogP contribution in [0.4, 0.5) is 0 Å². The Bertz CT molecular complexity index is 317. The fourth-order valence-electron chi connectivity index (χ4n) is 2.40. The van der Waals surface area contributed by atoms with Crippen LogP contribution in [0.25, 0.3) is 0 Å². The van der Waals surface area contributed by atoms with Gasteiger partial charge in [-0.15, -0.1) is 0 Å². The van der Waals surface area contributed by atoms with Gasteiger partial charge in [-0.05, 0) is 33.2 Å². The van der Waals surface area contributed by atoms with Crippen LogP contribution < -0.4 is 5.73 Å². The second kappa shape index (κ2) is 6.48. The van der Waals surface area contributed by atoms with E-state index in [-0.39, 0.29) is 11.4 Å². The van der Waals surface area contributed by atoms with Gasteiger partial charge in [-0.1, -0.05) is 12.2 Å². The van der Waals surface area contributed by atoms with Gasteiger partial charge in [-0.2, -0.15) is 0 Å². The number of hydrogen-bond donors (Lipinski definition) is 1. The summed E-state index contributed by atoms with van der Waals surface area (Å²) < 4.78 is 0. The SMILES string of the molecule is CN(CCC(N)=S)C(=O)CCN1CCCC1(C)C. The van der Waals surface area contributed by atoms with Crippen molar-refractivity contribution in [3.8, 4) is 0 Å². The third-order valence-electron chi connectivity index (χ3n) is 3.79. The van der Waals surface area contributed by atoms with Gasteiger partial charge in [0.2, 0.25) is 5.91 Å². The van der Waals surface area contributed by atoms with E-state index in [1.165, 1.54) is 12.8 Å². The largest absolute Gasteiger partial charge is 0.393 e. The van der Waals surface area contributed by atoms with Crippen LogP contribution >= 0.6 is 12.2 Å². The molecule has 4 nitrogen and oxygen atoms in total. The van der Waals surface area contributed by atoms with Crippen LogP contribution in [0.5, 0.6) is 0 Å². The second-order valence-corrected chi connectivity index (χ2v) is 6.21. The molecule has 0 aliphatic carbocycles. The normalized spacial score (nSPS) is 18.8. The molecule has 1 saturated heterocycles. The summed E-state index contributed by atoms with van der Waals surface area (Å²) in [7, 11) is 1.82. The Morgan fingerprint density at radius 3 is 2.61 bits per heavy atom. The van der Waals surface area contributed by atoms with Crippen molar-refractivity contribution >= 4 is 23.1 Å². The van der Waals surface area contributed by atoms with E-state index < -0.39 is 0 Å². The number of thiocarbonyl (C=S) groups is 1. The zero-order chi connectivity index (χ0) is 13.8. The van der Waals surface area contributed by atoms with E-state index >= 15 is 0 Å². The molecule has 1 aliphatic rings. The van der Waals surface area contributed by atoms with Gasteiger partial charge < -0.3 is 10.6 Å². The van der Waals surface area contributed by atoms with Gasteiger partial charge >= 0.3 is 0 Å².